The van der Waals surface area contributed by atoms with Gasteiger partial charge in [-0.2, -0.15) is 0 Å². The van der Waals surface area contributed by atoms with Crippen molar-refractivity contribution in [2.45, 2.75) is 0 Å². The normalized spacial score (nSPS) is 11.3. The third-order valence-electron chi connectivity index (χ3n) is 9.95. The SMILES string of the molecule is c1ccc(-c2cc(-c3ccccn3)nc(-c3ncccc3-c3cc(-c4ccccc4)nc(-c4ccc(-n5c6ccccc6c6ccccc65)cc4)n3)c2)cc1. The zero-order valence-electron chi connectivity index (χ0n) is 29.7. The van der Waals surface area contributed by atoms with Crippen LogP contribution >= 0.6 is 0 Å². The van der Waals surface area contributed by atoms with Crippen LogP contribution in [0.5, 0.6) is 0 Å². The average Bonchev–Trinajstić information content (AvgIpc) is 3.61. The van der Waals surface area contributed by atoms with Gasteiger partial charge in [-0.05, 0) is 90.0 Å². The van der Waals surface area contributed by atoms with E-state index in [-0.39, 0.29) is 0 Å². The number of pyridine rings is 3. The molecule has 55 heavy (non-hydrogen) atoms. The Labute approximate surface area is 318 Å². The molecule has 0 amide bonds. The molecule has 0 fully saturated rings. The summed E-state index contributed by atoms with van der Waals surface area (Å²) in [5.74, 6) is 0.625. The molecule has 0 unspecified atom stereocenters. The minimum absolute atomic E-state index is 0.625. The highest BCUT2D eigenvalue weighted by Crippen LogP contribution is 2.36. The number of nitrogens with zero attached hydrogens (tertiary/aromatic N) is 6. The van der Waals surface area contributed by atoms with Crippen LogP contribution in [-0.2, 0) is 0 Å². The largest absolute Gasteiger partial charge is 0.309 e. The molecule has 10 rings (SSSR count). The number of para-hydroxylation sites is 2. The zero-order valence-corrected chi connectivity index (χ0v) is 29.7. The van der Waals surface area contributed by atoms with E-state index in [1.165, 1.54) is 21.8 Å². The van der Waals surface area contributed by atoms with Gasteiger partial charge >= 0.3 is 0 Å². The lowest BCUT2D eigenvalue weighted by atomic mass is 10.00. The summed E-state index contributed by atoms with van der Waals surface area (Å²) in [6.45, 7) is 0. The lowest BCUT2D eigenvalue weighted by Crippen LogP contribution is -2.00. The van der Waals surface area contributed by atoms with Gasteiger partial charge in [-0.3, -0.25) is 9.97 Å². The highest BCUT2D eigenvalue weighted by Gasteiger charge is 2.18. The average molecular weight is 705 g/mol. The Hall–Kier alpha value is -7.57. The predicted octanol–water partition coefficient (Wildman–Crippen LogP) is 11.8. The molecule has 0 atom stereocenters. The molecule has 10 aromatic rings. The smallest absolute Gasteiger partial charge is 0.160 e. The number of rotatable bonds is 7. The molecule has 0 N–H and O–H groups in total. The molecule has 258 valence electrons. The van der Waals surface area contributed by atoms with Gasteiger partial charge in [-0.15, -0.1) is 0 Å². The van der Waals surface area contributed by atoms with Crippen LogP contribution in [0.25, 0.3) is 95.3 Å². The van der Waals surface area contributed by atoms with Gasteiger partial charge in [0.25, 0.3) is 0 Å². The van der Waals surface area contributed by atoms with Crippen molar-refractivity contribution < 1.29 is 0 Å². The van der Waals surface area contributed by atoms with Gasteiger partial charge in [0, 0.05) is 45.5 Å². The van der Waals surface area contributed by atoms with E-state index in [0.717, 1.165) is 67.7 Å². The number of hydrogen-bond acceptors (Lipinski definition) is 5. The fourth-order valence-electron chi connectivity index (χ4n) is 7.34. The second kappa shape index (κ2) is 13.8. The molecular formula is C49H32N6. The first-order valence-electron chi connectivity index (χ1n) is 18.2. The topological polar surface area (TPSA) is 69.4 Å². The molecule has 5 aromatic heterocycles. The van der Waals surface area contributed by atoms with Crippen molar-refractivity contribution >= 4 is 21.8 Å². The molecule has 5 heterocycles. The number of benzene rings is 5. The van der Waals surface area contributed by atoms with E-state index in [2.05, 4.69) is 125 Å². The fourth-order valence-corrected chi connectivity index (χ4v) is 7.34. The van der Waals surface area contributed by atoms with Gasteiger partial charge in [0.2, 0.25) is 0 Å². The second-order valence-corrected chi connectivity index (χ2v) is 13.4. The van der Waals surface area contributed by atoms with E-state index >= 15 is 0 Å². The summed E-state index contributed by atoms with van der Waals surface area (Å²) in [5.41, 5.74) is 12.9. The number of aromatic nitrogens is 6. The maximum Gasteiger partial charge on any atom is 0.160 e. The third-order valence-corrected chi connectivity index (χ3v) is 9.95. The number of hydrogen-bond donors (Lipinski definition) is 0. The maximum atomic E-state index is 5.24. The molecule has 0 aliphatic carbocycles. The van der Waals surface area contributed by atoms with Crippen molar-refractivity contribution in [2.24, 2.45) is 0 Å². The van der Waals surface area contributed by atoms with Crippen molar-refractivity contribution in [3.8, 4) is 73.5 Å². The molecule has 0 saturated heterocycles. The van der Waals surface area contributed by atoms with Crippen LogP contribution in [-0.4, -0.2) is 29.5 Å². The van der Waals surface area contributed by atoms with E-state index in [0.29, 0.717) is 5.82 Å². The van der Waals surface area contributed by atoms with Crippen LogP contribution in [0.2, 0.25) is 0 Å². The van der Waals surface area contributed by atoms with Gasteiger partial charge in [0.15, 0.2) is 5.82 Å². The minimum Gasteiger partial charge on any atom is -0.309 e. The molecule has 0 aliphatic heterocycles. The Morgan fingerprint density at radius 3 is 1.67 bits per heavy atom. The quantitative estimate of drug-likeness (QED) is 0.165. The number of fused-ring (bicyclic) bond motifs is 3. The van der Waals surface area contributed by atoms with Gasteiger partial charge < -0.3 is 4.57 Å². The fraction of sp³-hybridized carbons (Fsp3) is 0. The van der Waals surface area contributed by atoms with Crippen molar-refractivity contribution in [3.63, 3.8) is 0 Å². The van der Waals surface area contributed by atoms with Crippen molar-refractivity contribution in [2.75, 3.05) is 0 Å². The van der Waals surface area contributed by atoms with Crippen LogP contribution in [0.4, 0.5) is 0 Å². The molecule has 0 saturated carbocycles. The van der Waals surface area contributed by atoms with E-state index in [1.807, 2.05) is 72.9 Å². The maximum absolute atomic E-state index is 5.24. The van der Waals surface area contributed by atoms with E-state index in [9.17, 15) is 0 Å². The standard InChI is InChI=1S/C49H32N6/c1-3-14-33(15-4-1)36-30-44(41-21-11-12-28-50-41)52-45(31-36)48-40(20-13-29-51-48)43-32-42(34-16-5-2-6-17-34)53-49(54-43)35-24-26-37(27-25-35)55-46-22-9-7-18-38(46)39-19-8-10-23-47(39)55/h1-32H. The molecule has 0 spiro atoms. The van der Waals surface area contributed by atoms with E-state index < -0.39 is 0 Å². The van der Waals surface area contributed by atoms with Crippen molar-refractivity contribution in [3.05, 3.63) is 194 Å². The van der Waals surface area contributed by atoms with E-state index in [1.54, 1.807) is 6.20 Å². The summed E-state index contributed by atoms with van der Waals surface area (Å²) in [6, 6.07) is 62.3. The third kappa shape index (κ3) is 6.02. The minimum atomic E-state index is 0.625. The summed E-state index contributed by atoms with van der Waals surface area (Å²) >= 11 is 0. The zero-order chi connectivity index (χ0) is 36.6. The summed E-state index contributed by atoms with van der Waals surface area (Å²) in [4.78, 5) is 25.1. The molecule has 6 nitrogen and oxygen atoms in total. The van der Waals surface area contributed by atoms with E-state index in [4.69, 9.17) is 19.9 Å². The Morgan fingerprint density at radius 2 is 0.964 bits per heavy atom. The molecule has 0 radical (unpaired) electrons. The van der Waals surface area contributed by atoms with Gasteiger partial charge in [0.05, 0.1) is 45.2 Å². The van der Waals surface area contributed by atoms with Crippen LogP contribution in [0.3, 0.4) is 0 Å². The monoisotopic (exact) mass is 704 g/mol. The van der Waals surface area contributed by atoms with Crippen molar-refractivity contribution in [1.29, 1.82) is 0 Å². The summed E-state index contributed by atoms with van der Waals surface area (Å²) < 4.78 is 2.32. The summed E-state index contributed by atoms with van der Waals surface area (Å²) in [6.07, 6.45) is 3.60. The lowest BCUT2D eigenvalue weighted by Gasteiger charge is -2.14. The predicted molar refractivity (Wildman–Crippen MR) is 222 cm³/mol. The van der Waals surface area contributed by atoms with Crippen LogP contribution in [0.1, 0.15) is 0 Å². The highest BCUT2D eigenvalue weighted by molar-refractivity contribution is 6.09. The van der Waals surface area contributed by atoms with Gasteiger partial charge in [-0.1, -0.05) is 103 Å². The van der Waals surface area contributed by atoms with Gasteiger partial charge in [0.1, 0.15) is 0 Å². The lowest BCUT2D eigenvalue weighted by molar-refractivity contribution is 1.16. The first-order chi connectivity index (χ1) is 27.3. The van der Waals surface area contributed by atoms with Crippen molar-refractivity contribution in [1.82, 2.24) is 29.5 Å². The highest BCUT2D eigenvalue weighted by atomic mass is 15.0. The first-order valence-corrected chi connectivity index (χ1v) is 18.2. The Bertz CT molecular complexity index is 2850. The van der Waals surface area contributed by atoms with Crippen LogP contribution < -0.4 is 0 Å². The molecule has 6 heteroatoms. The Kier molecular flexibility index (Phi) is 8.04. The molecular weight excluding hydrogens is 673 g/mol. The molecule has 0 bridgehead atoms. The molecule has 5 aromatic carbocycles. The summed E-state index contributed by atoms with van der Waals surface area (Å²) in [5, 5.41) is 2.46. The van der Waals surface area contributed by atoms with Gasteiger partial charge in [-0.25, -0.2) is 15.0 Å². The summed E-state index contributed by atoms with van der Waals surface area (Å²) in [7, 11) is 0. The Balaban J connectivity index is 1.12. The first kappa shape index (κ1) is 32.1. The van der Waals surface area contributed by atoms with Crippen LogP contribution in [0, 0.1) is 0 Å². The Morgan fingerprint density at radius 1 is 0.345 bits per heavy atom. The molecule has 0 aliphatic rings. The second-order valence-electron chi connectivity index (χ2n) is 13.4. The van der Waals surface area contributed by atoms with Crippen LogP contribution in [0.15, 0.2) is 194 Å².